The van der Waals surface area contributed by atoms with Crippen LogP contribution in [0.2, 0.25) is 0 Å². The summed E-state index contributed by atoms with van der Waals surface area (Å²) in [5.74, 6) is 5.13. The molecule has 0 aromatic heterocycles. The fourth-order valence-corrected chi connectivity index (χ4v) is 5.79. The van der Waals surface area contributed by atoms with Gasteiger partial charge >= 0.3 is 0 Å². The molecule has 2 aliphatic rings. The number of hydrogen-bond donors (Lipinski definition) is 0. The molecule has 0 atom stereocenters. The molecule has 1 aromatic carbocycles. The molecule has 0 bridgehead atoms. The maximum atomic E-state index is 5.55. The molecule has 1 aromatic rings. The number of rotatable bonds is 10. The van der Waals surface area contributed by atoms with E-state index in [0.29, 0.717) is 0 Å². The van der Waals surface area contributed by atoms with Gasteiger partial charge in [-0.15, -0.1) is 0 Å². The second-order valence-corrected chi connectivity index (χ2v) is 9.76. The van der Waals surface area contributed by atoms with Crippen LogP contribution in [0.15, 0.2) is 24.3 Å². The molecule has 158 valence electrons. The van der Waals surface area contributed by atoms with E-state index in [-0.39, 0.29) is 0 Å². The summed E-state index contributed by atoms with van der Waals surface area (Å²) in [6, 6.07) is 8.77. The predicted octanol–water partition coefficient (Wildman–Crippen LogP) is 8.21. The third-order valence-electron chi connectivity index (χ3n) is 7.69. The van der Waals surface area contributed by atoms with Crippen molar-refractivity contribution in [2.24, 2.45) is 23.7 Å². The first-order valence-corrected chi connectivity index (χ1v) is 12.5. The minimum atomic E-state index is 0.753. The van der Waals surface area contributed by atoms with Crippen molar-refractivity contribution in [3.05, 3.63) is 29.8 Å². The smallest absolute Gasteiger partial charge is 0.119 e. The summed E-state index contributed by atoms with van der Waals surface area (Å²) < 4.78 is 5.55. The summed E-state index contributed by atoms with van der Waals surface area (Å²) in [5, 5.41) is 0. The minimum Gasteiger partial charge on any atom is -0.494 e. The van der Waals surface area contributed by atoms with Crippen LogP contribution in [-0.2, 0) is 6.42 Å². The highest BCUT2D eigenvalue weighted by Gasteiger charge is 2.24. The summed E-state index contributed by atoms with van der Waals surface area (Å²) in [7, 11) is 0. The van der Waals surface area contributed by atoms with Crippen LogP contribution < -0.4 is 4.74 Å². The SMILES string of the molecule is CCCC1CCC(CCC2CCC(CCc3ccc(OCC)cc3)CC2)CC1. The first-order chi connectivity index (χ1) is 13.8. The van der Waals surface area contributed by atoms with Crippen LogP contribution in [0.1, 0.15) is 103 Å². The van der Waals surface area contributed by atoms with Crippen LogP contribution in [0.25, 0.3) is 0 Å². The summed E-state index contributed by atoms with van der Waals surface area (Å²) in [6.45, 7) is 5.14. The fraction of sp³-hybridized carbons (Fsp3) is 0.778. The Labute approximate surface area is 174 Å². The molecule has 1 nitrogen and oxygen atoms in total. The Morgan fingerprint density at radius 3 is 1.57 bits per heavy atom. The molecule has 2 fully saturated rings. The van der Waals surface area contributed by atoms with Crippen LogP contribution in [0.3, 0.4) is 0 Å². The zero-order valence-electron chi connectivity index (χ0n) is 18.6. The van der Waals surface area contributed by atoms with E-state index in [2.05, 4.69) is 31.2 Å². The maximum absolute atomic E-state index is 5.55. The predicted molar refractivity (Wildman–Crippen MR) is 121 cm³/mol. The third kappa shape index (κ3) is 7.12. The van der Waals surface area contributed by atoms with Gasteiger partial charge < -0.3 is 4.74 Å². The zero-order chi connectivity index (χ0) is 19.6. The molecule has 0 aliphatic heterocycles. The number of hydrogen-bond acceptors (Lipinski definition) is 1. The van der Waals surface area contributed by atoms with Gasteiger partial charge in [0, 0.05) is 0 Å². The standard InChI is InChI=1S/C27H44O/c1-3-5-22-6-8-23(9-7-22)10-11-24-12-14-25(15-13-24)16-17-26-18-20-27(21-19-26)28-4-2/h18-25H,3-17H2,1-2H3. The van der Waals surface area contributed by atoms with E-state index in [0.717, 1.165) is 36.0 Å². The molecule has 0 saturated heterocycles. The van der Waals surface area contributed by atoms with E-state index in [4.69, 9.17) is 4.74 Å². The van der Waals surface area contributed by atoms with Gasteiger partial charge in [-0.3, -0.25) is 0 Å². The Kier molecular flexibility index (Phi) is 9.22. The fourth-order valence-electron chi connectivity index (χ4n) is 5.79. The number of aryl methyl sites for hydroxylation is 1. The second-order valence-electron chi connectivity index (χ2n) is 9.76. The van der Waals surface area contributed by atoms with Crippen molar-refractivity contribution in [2.45, 2.75) is 104 Å². The number of ether oxygens (including phenoxy) is 1. The van der Waals surface area contributed by atoms with Crippen molar-refractivity contribution in [3.8, 4) is 5.75 Å². The molecule has 1 heteroatoms. The third-order valence-corrected chi connectivity index (χ3v) is 7.69. The monoisotopic (exact) mass is 384 g/mol. The van der Waals surface area contributed by atoms with Crippen molar-refractivity contribution in [2.75, 3.05) is 6.61 Å². The van der Waals surface area contributed by atoms with E-state index in [1.165, 1.54) is 95.5 Å². The quantitative estimate of drug-likeness (QED) is 0.395. The molecule has 0 heterocycles. The lowest BCUT2D eigenvalue weighted by atomic mass is 9.74. The molecule has 0 radical (unpaired) electrons. The molecule has 3 rings (SSSR count). The summed E-state index contributed by atoms with van der Waals surface area (Å²) in [4.78, 5) is 0. The van der Waals surface area contributed by atoms with E-state index < -0.39 is 0 Å². The summed E-state index contributed by atoms with van der Waals surface area (Å²) in [5.41, 5.74) is 1.48. The molecular formula is C27H44O. The van der Waals surface area contributed by atoms with Crippen molar-refractivity contribution < 1.29 is 4.74 Å². The highest BCUT2D eigenvalue weighted by atomic mass is 16.5. The van der Waals surface area contributed by atoms with Gasteiger partial charge in [-0.25, -0.2) is 0 Å². The normalized spacial score (nSPS) is 28.2. The van der Waals surface area contributed by atoms with Crippen LogP contribution in [0, 0.1) is 23.7 Å². The largest absolute Gasteiger partial charge is 0.494 e. The molecule has 0 amide bonds. The Bertz CT molecular complexity index is 518. The molecule has 0 spiro atoms. The van der Waals surface area contributed by atoms with Crippen molar-refractivity contribution >= 4 is 0 Å². The van der Waals surface area contributed by atoms with Crippen molar-refractivity contribution in [1.29, 1.82) is 0 Å². The Morgan fingerprint density at radius 1 is 0.643 bits per heavy atom. The first-order valence-electron chi connectivity index (χ1n) is 12.5. The second kappa shape index (κ2) is 11.9. The lowest BCUT2D eigenvalue weighted by Gasteiger charge is -2.32. The van der Waals surface area contributed by atoms with Crippen LogP contribution in [0.5, 0.6) is 5.75 Å². The topological polar surface area (TPSA) is 9.23 Å². The van der Waals surface area contributed by atoms with Gasteiger partial charge in [0.2, 0.25) is 0 Å². The van der Waals surface area contributed by atoms with Gasteiger partial charge in [-0.2, -0.15) is 0 Å². The molecule has 28 heavy (non-hydrogen) atoms. The van der Waals surface area contributed by atoms with Gasteiger partial charge in [0.1, 0.15) is 5.75 Å². The first kappa shape index (κ1) is 21.7. The minimum absolute atomic E-state index is 0.753. The Morgan fingerprint density at radius 2 is 1.11 bits per heavy atom. The van der Waals surface area contributed by atoms with Gasteiger partial charge in [-0.05, 0) is 61.1 Å². The van der Waals surface area contributed by atoms with Crippen molar-refractivity contribution in [3.63, 3.8) is 0 Å². The Balaban J connectivity index is 1.27. The highest BCUT2D eigenvalue weighted by molar-refractivity contribution is 5.27. The van der Waals surface area contributed by atoms with E-state index in [1.807, 2.05) is 6.92 Å². The Hall–Kier alpha value is -0.980. The van der Waals surface area contributed by atoms with E-state index >= 15 is 0 Å². The number of benzene rings is 1. The highest BCUT2D eigenvalue weighted by Crippen LogP contribution is 2.38. The molecule has 0 N–H and O–H groups in total. The average molecular weight is 385 g/mol. The maximum Gasteiger partial charge on any atom is 0.119 e. The van der Waals surface area contributed by atoms with Crippen LogP contribution >= 0.6 is 0 Å². The summed E-state index contributed by atoms with van der Waals surface area (Å²) >= 11 is 0. The molecule has 0 unspecified atom stereocenters. The van der Waals surface area contributed by atoms with Gasteiger partial charge in [0.15, 0.2) is 0 Å². The molecule has 2 saturated carbocycles. The van der Waals surface area contributed by atoms with Crippen LogP contribution in [-0.4, -0.2) is 6.61 Å². The van der Waals surface area contributed by atoms with Crippen molar-refractivity contribution in [1.82, 2.24) is 0 Å². The zero-order valence-corrected chi connectivity index (χ0v) is 18.6. The lowest BCUT2D eigenvalue weighted by molar-refractivity contribution is 0.209. The van der Waals surface area contributed by atoms with Crippen LogP contribution in [0.4, 0.5) is 0 Å². The van der Waals surface area contributed by atoms with Gasteiger partial charge in [0.25, 0.3) is 0 Å². The van der Waals surface area contributed by atoms with E-state index in [1.54, 1.807) is 0 Å². The lowest BCUT2D eigenvalue weighted by Crippen LogP contribution is -2.18. The molecule has 2 aliphatic carbocycles. The molecular weight excluding hydrogens is 340 g/mol. The van der Waals surface area contributed by atoms with Gasteiger partial charge in [-0.1, -0.05) is 96.1 Å². The average Bonchev–Trinajstić information content (AvgIpc) is 2.74. The van der Waals surface area contributed by atoms with Gasteiger partial charge in [0.05, 0.1) is 6.61 Å². The van der Waals surface area contributed by atoms with E-state index in [9.17, 15) is 0 Å². The summed E-state index contributed by atoms with van der Waals surface area (Å²) in [6.07, 6.45) is 20.6.